The Morgan fingerprint density at radius 1 is 1.40 bits per heavy atom. The summed E-state index contributed by atoms with van der Waals surface area (Å²) in [7, 11) is -1.64. The number of hydrogen-bond donors (Lipinski definition) is 2. The lowest BCUT2D eigenvalue weighted by Gasteiger charge is -2.47. The Bertz CT molecular complexity index is 407. The topological polar surface area (TPSA) is 40.5 Å². The second kappa shape index (κ2) is 6.88. The quantitative estimate of drug-likeness (QED) is 0.611. The van der Waals surface area contributed by atoms with Crippen LogP contribution in [0, 0.1) is 5.92 Å². The van der Waals surface area contributed by atoms with Crippen LogP contribution in [-0.4, -0.2) is 29.6 Å². The number of aliphatic hydroxyl groups excluding tert-OH is 1. The molecule has 114 valence electrons. The summed E-state index contributed by atoms with van der Waals surface area (Å²) >= 11 is 0. The Hall–Kier alpha value is -0.643. The lowest BCUT2D eigenvalue weighted by atomic mass is 9.96. The van der Waals surface area contributed by atoms with E-state index in [1.807, 2.05) is 31.2 Å². The van der Waals surface area contributed by atoms with Crippen LogP contribution in [0.1, 0.15) is 33.6 Å². The van der Waals surface area contributed by atoms with Gasteiger partial charge in [0, 0.05) is 0 Å². The molecule has 20 heavy (non-hydrogen) atoms. The first-order chi connectivity index (χ1) is 9.19. The summed E-state index contributed by atoms with van der Waals surface area (Å²) < 4.78 is 0. The lowest BCUT2D eigenvalue weighted by molar-refractivity contribution is 0.0913. The maximum absolute atomic E-state index is 11.1. The molecule has 0 aromatic heterocycles. The van der Waals surface area contributed by atoms with Crippen molar-refractivity contribution < 1.29 is 10.2 Å². The highest BCUT2D eigenvalue weighted by Crippen LogP contribution is 2.41. The van der Waals surface area contributed by atoms with Gasteiger partial charge in [-0.25, -0.2) is 0 Å². The Morgan fingerprint density at radius 3 is 2.60 bits per heavy atom. The van der Waals surface area contributed by atoms with E-state index in [2.05, 4.69) is 20.0 Å². The van der Waals surface area contributed by atoms with Gasteiger partial charge in [0.2, 0.25) is 0 Å². The number of aliphatic hydroxyl groups is 2. The van der Waals surface area contributed by atoms with Crippen LogP contribution < -0.4 is 0 Å². The molecule has 3 atom stereocenters. The van der Waals surface area contributed by atoms with Crippen molar-refractivity contribution >= 4 is 8.07 Å². The van der Waals surface area contributed by atoms with Crippen LogP contribution >= 0.6 is 0 Å². The normalized spacial score (nSPS) is 33.0. The molecule has 2 nitrogen and oxygen atoms in total. The van der Waals surface area contributed by atoms with Gasteiger partial charge in [-0.15, -0.1) is 0 Å². The van der Waals surface area contributed by atoms with Crippen molar-refractivity contribution in [3.63, 3.8) is 0 Å². The number of hydrogen-bond acceptors (Lipinski definition) is 2. The second-order valence-corrected chi connectivity index (χ2v) is 11.9. The van der Waals surface area contributed by atoms with Gasteiger partial charge in [0.15, 0.2) is 0 Å². The SMILES string of the molecule is CC(/C=C/C1(O)C(C)CCC[Si]1(C)C)=C\C=C\C(C)O. The maximum Gasteiger partial charge on any atom is 0.0904 e. The molecule has 0 spiro atoms. The monoisotopic (exact) mass is 294 g/mol. The summed E-state index contributed by atoms with van der Waals surface area (Å²) in [5.41, 5.74) is 1.10. The van der Waals surface area contributed by atoms with Gasteiger partial charge in [-0.2, -0.15) is 0 Å². The van der Waals surface area contributed by atoms with Crippen molar-refractivity contribution in [3.8, 4) is 0 Å². The predicted octanol–water partition coefficient (Wildman–Crippen LogP) is 3.83. The van der Waals surface area contributed by atoms with Crippen LogP contribution in [0.2, 0.25) is 19.1 Å². The van der Waals surface area contributed by atoms with Gasteiger partial charge in [0.1, 0.15) is 0 Å². The Balaban J connectivity index is 2.85. The maximum atomic E-state index is 11.1. The summed E-state index contributed by atoms with van der Waals surface area (Å²) in [6, 6.07) is 1.20. The van der Waals surface area contributed by atoms with Gasteiger partial charge in [0.05, 0.1) is 19.4 Å². The Labute approximate surface area is 124 Å². The average Bonchev–Trinajstić information content (AvgIpc) is 2.33. The Morgan fingerprint density at radius 2 is 2.05 bits per heavy atom. The zero-order chi connectivity index (χ0) is 15.4. The van der Waals surface area contributed by atoms with Gasteiger partial charge >= 0.3 is 0 Å². The van der Waals surface area contributed by atoms with Crippen molar-refractivity contribution in [1.29, 1.82) is 0 Å². The van der Waals surface area contributed by atoms with Crippen LogP contribution in [-0.2, 0) is 0 Å². The smallest absolute Gasteiger partial charge is 0.0904 e. The fourth-order valence-electron chi connectivity index (χ4n) is 3.01. The highest BCUT2D eigenvalue weighted by molar-refractivity contribution is 6.80. The van der Waals surface area contributed by atoms with Gasteiger partial charge in [0.25, 0.3) is 0 Å². The van der Waals surface area contributed by atoms with E-state index in [0.29, 0.717) is 5.92 Å². The summed E-state index contributed by atoms with van der Waals surface area (Å²) in [6.45, 7) is 10.5. The molecule has 0 bridgehead atoms. The minimum Gasteiger partial charge on any atom is -0.389 e. The van der Waals surface area contributed by atoms with Crippen molar-refractivity contribution in [2.45, 2.75) is 64.1 Å². The lowest BCUT2D eigenvalue weighted by Crippen LogP contribution is -2.59. The van der Waals surface area contributed by atoms with Gasteiger partial charge < -0.3 is 10.2 Å². The molecule has 0 radical (unpaired) electrons. The number of rotatable bonds is 4. The molecule has 3 unspecified atom stereocenters. The van der Waals surface area contributed by atoms with E-state index in [0.717, 1.165) is 12.0 Å². The molecular weight excluding hydrogens is 264 g/mol. The van der Waals surface area contributed by atoms with E-state index < -0.39 is 19.4 Å². The van der Waals surface area contributed by atoms with E-state index in [9.17, 15) is 10.2 Å². The van der Waals surface area contributed by atoms with Crippen LogP contribution in [0.4, 0.5) is 0 Å². The molecule has 0 saturated carbocycles. The average molecular weight is 295 g/mol. The van der Waals surface area contributed by atoms with E-state index in [1.165, 1.54) is 12.5 Å². The fraction of sp³-hybridized carbons (Fsp3) is 0.647. The second-order valence-electron chi connectivity index (χ2n) is 6.87. The predicted molar refractivity (Wildman–Crippen MR) is 89.4 cm³/mol. The summed E-state index contributed by atoms with van der Waals surface area (Å²) in [5.74, 6) is 0.343. The first kappa shape index (κ1) is 17.4. The van der Waals surface area contributed by atoms with Crippen LogP contribution in [0.5, 0.6) is 0 Å². The molecule has 1 fully saturated rings. The van der Waals surface area contributed by atoms with Gasteiger partial charge in [-0.05, 0) is 26.2 Å². The van der Waals surface area contributed by atoms with Crippen LogP contribution in [0.15, 0.2) is 36.0 Å². The standard InChI is InChI=1S/C17H30O2Si/c1-14(8-6-10-16(3)18)11-12-17(19)15(2)9-7-13-20(17,4)5/h6,8,10-12,15-16,18-19H,7,9,13H2,1-5H3/b10-6+,12-11+,14-8+. The van der Waals surface area contributed by atoms with Crippen LogP contribution in [0.25, 0.3) is 0 Å². The Kier molecular flexibility index (Phi) is 5.99. The molecule has 0 amide bonds. The third kappa shape index (κ3) is 4.17. The summed E-state index contributed by atoms with van der Waals surface area (Å²) in [6.07, 6.45) is 11.6. The highest BCUT2D eigenvalue weighted by atomic mass is 28.3. The zero-order valence-electron chi connectivity index (χ0n) is 13.6. The van der Waals surface area contributed by atoms with Crippen molar-refractivity contribution in [1.82, 2.24) is 0 Å². The minimum absolute atomic E-state index is 0.343. The molecule has 1 saturated heterocycles. The largest absolute Gasteiger partial charge is 0.389 e. The van der Waals surface area contributed by atoms with Gasteiger partial charge in [-0.1, -0.05) is 68.4 Å². The minimum atomic E-state index is -1.64. The third-order valence-corrected chi connectivity index (χ3v) is 9.05. The molecule has 0 aromatic rings. The van der Waals surface area contributed by atoms with Crippen LogP contribution in [0.3, 0.4) is 0 Å². The molecule has 0 aromatic carbocycles. The number of allylic oxidation sites excluding steroid dienone is 4. The van der Waals surface area contributed by atoms with Crippen molar-refractivity contribution in [2.75, 3.05) is 0 Å². The molecule has 1 heterocycles. The van der Waals surface area contributed by atoms with E-state index in [-0.39, 0.29) is 0 Å². The van der Waals surface area contributed by atoms with E-state index >= 15 is 0 Å². The van der Waals surface area contributed by atoms with Gasteiger partial charge in [-0.3, -0.25) is 0 Å². The highest BCUT2D eigenvalue weighted by Gasteiger charge is 2.49. The zero-order valence-corrected chi connectivity index (χ0v) is 14.6. The molecule has 1 aliphatic rings. The molecular formula is C17H30O2Si. The summed E-state index contributed by atoms with van der Waals surface area (Å²) in [4.78, 5) is 0. The summed E-state index contributed by atoms with van der Waals surface area (Å²) in [5, 5.41) is 19.7. The fourth-order valence-corrected chi connectivity index (χ4v) is 6.51. The first-order valence-electron chi connectivity index (χ1n) is 7.64. The first-order valence-corrected chi connectivity index (χ1v) is 10.8. The molecule has 0 aliphatic carbocycles. The van der Waals surface area contributed by atoms with E-state index in [1.54, 1.807) is 13.0 Å². The third-order valence-electron chi connectivity index (χ3n) is 4.62. The molecule has 2 N–H and O–H groups in total. The van der Waals surface area contributed by atoms with Crippen molar-refractivity contribution in [2.24, 2.45) is 5.92 Å². The van der Waals surface area contributed by atoms with E-state index in [4.69, 9.17) is 0 Å². The molecule has 3 heteroatoms. The molecule has 1 aliphatic heterocycles. The molecule has 1 rings (SSSR count). The van der Waals surface area contributed by atoms with Crippen molar-refractivity contribution in [3.05, 3.63) is 36.0 Å².